The van der Waals surface area contributed by atoms with Crippen molar-refractivity contribution in [1.82, 2.24) is 10.2 Å². The fraction of sp³-hybridized carbons (Fsp3) is 0.579. The Morgan fingerprint density at radius 2 is 2.00 bits per heavy atom. The van der Waals surface area contributed by atoms with E-state index in [0.29, 0.717) is 19.7 Å². The molecule has 138 valence electrons. The van der Waals surface area contributed by atoms with Crippen molar-refractivity contribution in [2.75, 3.05) is 19.7 Å². The number of aryl methyl sites for hydroxylation is 1. The molecule has 1 aliphatic heterocycles. The average molecular weight is 347 g/mol. The number of hydrogen-bond donors (Lipinski definition) is 2. The first-order valence-electron chi connectivity index (χ1n) is 8.77. The minimum absolute atomic E-state index is 0.00658. The van der Waals surface area contributed by atoms with Gasteiger partial charge in [0.25, 0.3) is 0 Å². The van der Waals surface area contributed by atoms with Gasteiger partial charge in [-0.15, -0.1) is 0 Å². The molecule has 1 aromatic carbocycles. The minimum atomic E-state index is -0.679. The highest BCUT2D eigenvalue weighted by Gasteiger charge is 2.37. The van der Waals surface area contributed by atoms with E-state index in [2.05, 4.69) is 17.4 Å². The van der Waals surface area contributed by atoms with Gasteiger partial charge in [-0.05, 0) is 23.8 Å². The van der Waals surface area contributed by atoms with E-state index >= 15 is 0 Å². The molecule has 3 N–H and O–H groups in total. The minimum Gasteiger partial charge on any atom is -0.375 e. The zero-order chi connectivity index (χ0) is 18.4. The molecular weight excluding hydrogens is 318 g/mol. The maximum atomic E-state index is 12.9. The third-order valence-electron chi connectivity index (χ3n) is 4.45. The first kappa shape index (κ1) is 19.2. The molecule has 0 spiro atoms. The summed E-state index contributed by atoms with van der Waals surface area (Å²) in [6.07, 6.45) is 1.78. The van der Waals surface area contributed by atoms with Crippen LogP contribution in [0.15, 0.2) is 30.3 Å². The quantitative estimate of drug-likeness (QED) is 0.853. The van der Waals surface area contributed by atoms with Gasteiger partial charge in [-0.2, -0.15) is 0 Å². The number of nitrogens with two attached hydrogens (primary N) is 1. The van der Waals surface area contributed by atoms with Crippen molar-refractivity contribution in [3.63, 3.8) is 0 Å². The lowest BCUT2D eigenvalue weighted by atomic mass is 9.85. The Kier molecular flexibility index (Phi) is 6.42. The van der Waals surface area contributed by atoms with Crippen molar-refractivity contribution in [1.29, 1.82) is 0 Å². The van der Waals surface area contributed by atoms with Gasteiger partial charge in [0, 0.05) is 13.1 Å². The van der Waals surface area contributed by atoms with Crippen molar-refractivity contribution < 1.29 is 14.3 Å². The highest BCUT2D eigenvalue weighted by molar-refractivity contribution is 5.87. The molecule has 1 saturated heterocycles. The molecule has 1 aliphatic rings. The summed E-state index contributed by atoms with van der Waals surface area (Å²) >= 11 is 0. The molecule has 1 fully saturated rings. The number of urea groups is 1. The number of amides is 3. The van der Waals surface area contributed by atoms with Gasteiger partial charge in [-0.3, -0.25) is 4.79 Å². The molecule has 0 bridgehead atoms. The molecule has 2 unspecified atom stereocenters. The molecule has 2 atom stereocenters. The molecule has 6 nitrogen and oxygen atoms in total. The monoisotopic (exact) mass is 347 g/mol. The van der Waals surface area contributed by atoms with E-state index in [1.165, 1.54) is 5.56 Å². The van der Waals surface area contributed by atoms with Crippen molar-refractivity contribution in [2.24, 2.45) is 11.1 Å². The van der Waals surface area contributed by atoms with Crippen molar-refractivity contribution in [3.05, 3.63) is 35.9 Å². The number of hydrogen-bond acceptors (Lipinski definition) is 3. The number of carbonyl (C=O) groups is 2. The van der Waals surface area contributed by atoms with Crippen molar-refractivity contribution >= 4 is 11.9 Å². The lowest BCUT2D eigenvalue weighted by molar-refractivity contribution is -0.143. The molecule has 25 heavy (non-hydrogen) atoms. The van der Waals surface area contributed by atoms with Crippen LogP contribution in [0.2, 0.25) is 0 Å². The Balaban J connectivity index is 1.96. The number of morpholine rings is 1. The second kappa shape index (κ2) is 8.34. The van der Waals surface area contributed by atoms with Gasteiger partial charge < -0.3 is 20.7 Å². The van der Waals surface area contributed by atoms with Crippen LogP contribution in [0, 0.1) is 5.41 Å². The molecule has 1 heterocycles. The smallest absolute Gasteiger partial charge is 0.312 e. The molecule has 0 aromatic heterocycles. The summed E-state index contributed by atoms with van der Waals surface area (Å²) in [6, 6.07) is 8.92. The van der Waals surface area contributed by atoms with Crippen LogP contribution in [0.4, 0.5) is 4.79 Å². The van der Waals surface area contributed by atoms with Crippen molar-refractivity contribution in [3.8, 4) is 0 Å². The van der Waals surface area contributed by atoms with Gasteiger partial charge in [0.1, 0.15) is 6.04 Å². The third kappa shape index (κ3) is 5.74. The van der Waals surface area contributed by atoms with Gasteiger partial charge in [0.2, 0.25) is 5.91 Å². The van der Waals surface area contributed by atoms with E-state index in [-0.39, 0.29) is 12.0 Å². The largest absolute Gasteiger partial charge is 0.375 e. The van der Waals surface area contributed by atoms with Crippen molar-refractivity contribution in [2.45, 2.75) is 45.8 Å². The summed E-state index contributed by atoms with van der Waals surface area (Å²) < 4.78 is 5.82. The SMILES string of the molecule is CC(C)(C)C(NC(N)=O)C(=O)N1CCOC(CCc2ccccc2)C1. The highest BCUT2D eigenvalue weighted by atomic mass is 16.5. The number of nitrogens with zero attached hydrogens (tertiary/aromatic N) is 1. The molecule has 2 rings (SSSR count). The normalized spacial score (nSPS) is 19.3. The Morgan fingerprint density at radius 3 is 2.60 bits per heavy atom. The van der Waals surface area contributed by atoms with Crippen LogP contribution in [-0.4, -0.2) is 48.7 Å². The number of benzene rings is 1. The zero-order valence-electron chi connectivity index (χ0n) is 15.3. The highest BCUT2D eigenvalue weighted by Crippen LogP contribution is 2.22. The first-order valence-corrected chi connectivity index (χ1v) is 8.77. The molecule has 0 aliphatic carbocycles. The summed E-state index contributed by atoms with van der Waals surface area (Å²) in [5.41, 5.74) is 6.10. The summed E-state index contributed by atoms with van der Waals surface area (Å²) in [7, 11) is 0. The molecule has 3 amide bonds. The summed E-state index contributed by atoms with van der Waals surface area (Å²) in [5.74, 6) is -0.0979. The molecule has 0 radical (unpaired) electrons. The van der Waals surface area contributed by atoms with Crippen LogP contribution in [-0.2, 0) is 16.0 Å². The van der Waals surface area contributed by atoms with Crippen LogP contribution >= 0.6 is 0 Å². The lowest BCUT2D eigenvalue weighted by Gasteiger charge is -2.38. The van der Waals surface area contributed by atoms with E-state index in [1.54, 1.807) is 4.90 Å². The van der Waals surface area contributed by atoms with E-state index in [9.17, 15) is 9.59 Å². The second-order valence-electron chi connectivity index (χ2n) is 7.61. The van der Waals surface area contributed by atoms with Gasteiger partial charge in [0.05, 0.1) is 12.7 Å². The predicted molar refractivity (Wildman–Crippen MR) is 97.0 cm³/mol. The van der Waals surface area contributed by atoms with E-state index in [1.807, 2.05) is 39.0 Å². The molecular formula is C19H29N3O3. The second-order valence-corrected chi connectivity index (χ2v) is 7.61. The standard InChI is InChI=1S/C19H29N3O3/c1-19(2,3)16(21-18(20)24)17(23)22-11-12-25-15(13-22)10-9-14-7-5-4-6-8-14/h4-8,15-16H,9-13H2,1-3H3,(H3,20,21,24). The Hall–Kier alpha value is -2.08. The number of carbonyl (C=O) groups excluding carboxylic acids is 2. The van der Waals surface area contributed by atoms with Crippen LogP contribution in [0.1, 0.15) is 32.8 Å². The van der Waals surface area contributed by atoms with Gasteiger partial charge in [0.15, 0.2) is 0 Å². The summed E-state index contributed by atoms with van der Waals surface area (Å²) in [6.45, 7) is 7.33. The first-order chi connectivity index (χ1) is 11.8. The van der Waals surface area contributed by atoms with Gasteiger partial charge >= 0.3 is 6.03 Å². The van der Waals surface area contributed by atoms with Crippen LogP contribution in [0.5, 0.6) is 0 Å². The molecule has 0 saturated carbocycles. The van der Waals surface area contributed by atoms with E-state index in [0.717, 1.165) is 12.8 Å². The van der Waals surface area contributed by atoms with Gasteiger partial charge in [-0.25, -0.2) is 4.79 Å². The number of ether oxygens (including phenoxy) is 1. The van der Waals surface area contributed by atoms with Crippen LogP contribution < -0.4 is 11.1 Å². The molecule has 6 heteroatoms. The fourth-order valence-electron chi connectivity index (χ4n) is 3.04. The third-order valence-corrected chi connectivity index (χ3v) is 4.45. The fourth-order valence-corrected chi connectivity index (χ4v) is 3.04. The Morgan fingerprint density at radius 1 is 1.32 bits per heavy atom. The maximum absolute atomic E-state index is 12.9. The zero-order valence-corrected chi connectivity index (χ0v) is 15.3. The summed E-state index contributed by atoms with van der Waals surface area (Å²) in [5, 5.41) is 2.60. The number of primary amides is 1. The summed E-state index contributed by atoms with van der Waals surface area (Å²) in [4.78, 5) is 26.0. The number of rotatable bonds is 5. The van der Waals surface area contributed by atoms with Gasteiger partial charge in [-0.1, -0.05) is 51.1 Å². The van der Waals surface area contributed by atoms with Crippen LogP contribution in [0.25, 0.3) is 0 Å². The maximum Gasteiger partial charge on any atom is 0.312 e. The lowest BCUT2D eigenvalue weighted by Crippen LogP contribution is -2.58. The molecule has 1 aromatic rings. The van der Waals surface area contributed by atoms with E-state index in [4.69, 9.17) is 10.5 Å². The number of nitrogens with one attached hydrogen (secondary N) is 1. The predicted octanol–water partition coefficient (Wildman–Crippen LogP) is 1.93. The average Bonchev–Trinajstić information content (AvgIpc) is 2.57. The Bertz CT molecular complexity index is 583. The van der Waals surface area contributed by atoms with E-state index < -0.39 is 17.5 Å². The Labute approximate surface area is 149 Å². The topological polar surface area (TPSA) is 84.7 Å². The van der Waals surface area contributed by atoms with Crippen LogP contribution in [0.3, 0.4) is 0 Å².